The van der Waals surface area contributed by atoms with Gasteiger partial charge in [0, 0.05) is 11.7 Å². The first-order valence-electron chi connectivity index (χ1n) is 6.54. The number of amides is 1. The van der Waals surface area contributed by atoms with E-state index in [1.54, 1.807) is 12.3 Å². The number of benzene rings is 2. The third-order valence-corrected chi connectivity index (χ3v) is 3.29. The summed E-state index contributed by atoms with van der Waals surface area (Å²) in [4.78, 5) is 14.9. The topological polar surface area (TPSA) is 44.9 Å². The molecule has 0 radical (unpaired) electrons. The van der Waals surface area contributed by atoms with Gasteiger partial charge in [-0.1, -0.05) is 6.07 Å². The largest absolute Gasteiger partial charge is 0.361 e. The van der Waals surface area contributed by atoms with Gasteiger partial charge in [-0.3, -0.25) is 4.79 Å². The number of aromatic nitrogens is 1. The minimum atomic E-state index is -1.61. The van der Waals surface area contributed by atoms with Crippen LogP contribution in [-0.2, 0) is 11.2 Å². The molecule has 2 aromatic carbocycles. The molecule has 0 unspecified atom stereocenters. The van der Waals surface area contributed by atoms with Crippen molar-refractivity contribution in [1.82, 2.24) is 4.98 Å². The Hall–Kier alpha value is -2.76. The molecule has 3 aromatic rings. The van der Waals surface area contributed by atoms with Gasteiger partial charge in [0.2, 0.25) is 5.91 Å². The zero-order valence-corrected chi connectivity index (χ0v) is 11.3. The Morgan fingerprint density at radius 3 is 2.68 bits per heavy atom. The van der Waals surface area contributed by atoms with E-state index >= 15 is 0 Å². The summed E-state index contributed by atoms with van der Waals surface area (Å²) in [6.07, 6.45) is 1.78. The fraction of sp³-hybridized carbons (Fsp3) is 0.0625. The number of carbonyl (C=O) groups is 1. The van der Waals surface area contributed by atoms with Gasteiger partial charge in [0.05, 0.1) is 12.1 Å². The van der Waals surface area contributed by atoms with Crippen molar-refractivity contribution in [1.29, 1.82) is 0 Å². The number of aromatic amines is 1. The van der Waals surface area contributed by atoms with E-state index in [-0.39, 0.29) is 12.1 Å². The third-order valence-electron chi connectivity index (χ3n) is 3.29. The smallest absolute Gasteiger partial charge is 0.228 e. The molecule has 3 nitrogen and oxygen atoms in total. The average Bonchev–Trinajstić information content (AvgIpc) is 2.95. The summed E-state index contributed by atoms with van der Waals surface area (Å²) in [7, 11) is 0. The highest BCUT2D eigenvalue weighted by Crippen LogP contribution is 2.20. The molecule has 2 N–H and O–H groups in total. The Morgan fingerprint density at radius 1 is 1.05 bits per heavy atom. The number of carbonyl (C=O) groups excluding carboxylic acids is 1. The lowest BCUT2D eigenvalue weighted by molar-refractivity contribution is -0.115. The Balaban J connectivity index is 1.76. The molecule has 0 aliphatic heterocycles. The maximum atomic E-state index is 13.5. The Morgan fingerprint density at radius 2 is 1.86 bits per heavy atom. The summed E-state index contributed by atoms with van der Waals surface area (Å²) in [6, 6.07) is 9.04. The lowest BCUT2D eigenvalue weighted by atomic mass is 10.1. The first-order chi connectivity index (χ1) is 10.5. The lowest BCUT2D eigenvalue weighted by Gasteiger charge is -2.07. The van der Waals surface area contributed by atoms with Gasteiger partial charge in [0.15, 0.2) is 17.5 Å². The van der Waals surface area contributed by atoms with Crippen molar-refractivity contribution in [2.24, 2.45) is 0 Å². The van der Waals surface area contributed by atoms with Crippen LogP contribution in [0.15, 0.2) is 42.6 Å². The van der Waals surface area contributed by atoms with Crippen molar-refractivity contribution in [2.45, 2.75) is 6.42 Å². The number of fused-ring (bicyclic) bond motifs is 1. The maximum Gasteiger partial charge on any atom is 0.228 e. The molecule has 1 aromatic heterocycles. The summed E-state index contributed by atoms with van der Waals surface area (Å²) >= 11 is 0. The number of rotatable bonds is 3. The van der Waals surface area contributed by atoms with Crippen LogP contribution < -0.4 is 5.32 Å². The van der Waals surface area contributed by atoms with Gasteiger partial charge >= 0.3 is 0 Å². The second-order valence-electron chi connectivity index (χ2n) is 4.85. The molecule has 3 rings (SSSR count). The normalized spacial score (nSPS) is 10.9. The molecule has 22 heavy (non-hydrogen) atoms. The molecule has 6 heteroatoms. The number of H-pyrrole nitrogens is 1. The first kappa shape index (κ1) is 14.2. The monoisotopic (exact) mass is 304 g/mol. The number of hydrogen-bond acceptors (Lipinski definition) is 1. The summed E-state index contributed by atoms with van der Waals surface area (Å²) in [5.74, 6) is -4.82. The molecule has 0 aliphatic rings. The van der Waals surface area contributed by atoms with Crippen LogP contribution in [0.25, 0.3) is 10.9 Å². The van der Waals surface area contributed by atoms with E-state index in [4.69, 9.17) is 0 Å². The van der Waals surface area contributed by atoms with Crippen LogP contribution in [0.2, 0.25) is 0 Å². The van der Waals surface area contributed by atoms with Gasteiger partial charge in [-0.05, 0) is 41.3 Å². The minimum absolute atomic E-state index is 0.000441. The van der Waals surface area contributed by atoms with Gasteiger partial charge < -0.3 is 10.3 Å². The Bertz CT molecular complexity index is 858. The van der Waals surface area contributed by atoms with E-state index in [2.05, 4.69) is 10.3 Å². The highest BCUT2D eigenvalue weighted by atomic mass is 19.2. The van der Waals surface area contributed by atoms with Crippen LogP contribution in [0.4, 0.5) is 18.9 Å². The lowest BCUT2D eigenvalue weighted by Crippen LogP contribution is -2.16. The van der Waals surface area contributed by atoms with Gasteiger partial charge in [-0.15, -0.1) is 0 Å². The van der Waals surface area contributed by atoms with Gasteiger partial charge in [-0.2, -0.15) is 0 Å². The van der Waals surface area contributed by atoms with Gasteiger partial charge in [-0.25, -0.2) is 13.2 Å². The molecule has 0 saturated carbocycles. The maximum absolute atomic E-state index is 13.5. The molecule has 0 fully saturated rings. The summed E-state index contributed by atoms with van der Waals surface area (Å²) in [6.45, 7) is 0. The van der Waals surface area contributed by atoms with Crippen molar-refractivity contribution in [3.8, 4) is 0 Å². The number of hydrogen-bond donors (Lipinski definition) is 2. The van der Waals surface area contributed by atoms with Crippen LogP contribution in [0.1, 0.15) is 5.56 Å². The van der Waals surface area contributed by atoms with E-state index in [0.717, 1.165) is 28.6 Å². The fourth-order valence-electron chi connectivity index (χ4n) is 2.21. The molecule has 0 aliphatic carbocycles. The molecule has 1 heterocycles. The molecular formula is C16H11F3N2O. The number of anilines is 1. The second kappa shape index (κ2) is 5.55. The van der Waals surface area contributed by atoms with E-state index in [1.807, 2.05) is 18.2 Å². The van der Waals surface area contributed by atoms with Crippen LogP contribution in [-0.4, -0.2) is 10.9 Å². The average molecular weight is 304 g/mol. The third kappa shape index (κ3) is 2.67. The molecule has 112 valence electrons. The molecule has 0 bridgehead atoms. The fourth-order valence-corrected chi connectivity index (χ4v) is 2.21. The summed E-state index contributed by atoms with van der Waals surface area (Å²) in [5, 5.41) is 3.19. The van der Waals surface area contributed by atoms with E-state index < -0.39 is 23.4 Å². The first-order valence-corrected chi connectivity index (χ1v) is 6.54. The molecule has 1 amide bonds. The second-order valence-corrected chi connectivity index (χ2v) is 4.85. The van der Waals surface area contributed by atoms with Crippen LogP contribution >= 0.6 is 0 Å². The highest BCUT2D eigenvalue weighted by Gasteiger charge is 2.15. The minimum Gasteiger partial charge on any atom is -0.361 e. The zero-order valence-electron chi connectivity index (χ0n) is 11.3. The standard InChI is InChI=1S/C16H11F3N2O/c17-11-2-4-13(16(19)15(11)18)21-14(22)8-9-1-3-12-10(7-9)5-6-20-12/h1-7,20H,8H2,(H,21,22). The van der Waals surface area contributed by atoms with Crippen LogP contribution in [0.5, 0.6) is 0 Å². The highest BCUT2D eigenvalue weighted by molar-refractivity contribution is 5.93. The van der Waals surface area contributed by atoms with E-state index in [0.29, 0.717) is 0 Å². The Kier molecular flexibility index (Phi) is 3.58. The molecule has 0 atom stereocenters. The van der Waals surface area contributed by atoms with Crippen molar-refractivity contribution in [2.75, 3.05) is 5.32 Å². The van der Waals surface area contributed by atoms with Gasteiger partial charge in [0.1, 0.15) is 0 Å². The molecule has 0 spiro atoms. The van der Waals surface area contributed by atoms with Crippen molar-refractivity contribution < 1.29 is 18.0 Å². The van der Waals surface area contributed by atoms with Crippen molar-refractivity contribution >= 4 is 22.5 Å². The van der Waals surface area contributed by atoms with Crippen molar-refractivity contribution in [3.05, 3.63) is 65.6 Å². The van der Waals surface area contributed by atoms with E-state index in [9.17, 15) is 18.0 Å². The van der Waals surface area contributed by atoms with Gasteiger partial charge in [0.25, 0.3) is 0 Å². The van der Waals surface area contributed by atoms with Crippen LogP contribution in [0, 0.1) is 17.5 Å². The van der Waals surface area contributed by atoms with Crippen molar-refractivity contribution in [3.63, 3.8) is 0 Å². The Labute approximate surface area is 123 Å². The quantitative estimate of drug-likeness (QED) is 0.711. The zero-order chi connectivity index (χ0) is 15.7. The summed E-state index contributed by atoms with van der Waals surface area (Å²) in [5.41, 5.74) is 1.29. The predicted octanol–water partition coefficient (Wildman–Crippen LogP) is 3.77. The molecular weight excluding hydrogens is 293 g/mol. The number of nitrogens with one attached hydrogen (secondary N) is 2. The molecule has 0 saturated heterocycles. The van der Waals surface area contributed by atoms with E-state index in [1.165, 1.54) is 0 Å². The SMILES string of the molecule is O=C(Cc1ccc2[nH]ccc2c1)Nc1ccc(F)c(F)c1F. The van der Waals surface area contributed by atoms with Crippen LogP contribution in [0.3, 0.4) is 0 Å². The summed E-state index contributed by atoms with van der Waals surface area (Å²) < 4.78 is 39.4. The number of halogens is 3. The predicted molar refractivity (Wildman–Crippen MR) is 76.9 cm³/mol.